The van der Waals surface area contributed by atoms with Gasteiger partial charge < -0.3 is 9.80 Å². The lowest BCUT2D eigenvalue weighted by molar-refractivity contribution is 1.28. The third kappa shape index (κ3) is 8.75. The van der Waals surface area contributed by atoms with Crippen LogP contribution in [0.15, 0.2) is 291 Å². The molecule has 11 rings (SSSR count). The average Bonchev–Trinajstić information content (AvgIpc) is 3.43. The average molecular weight is 869 g/mol. The summed E-state index contributed by atoms with van der Waals surface area (Å²) in [6.07, 6.45) is 0. The van der Waals surface area contributed by atoms with Crippen LogP contribution in [-0.2, 0) is 0 Å². The van der Waals surface area contributed by atoms with E-state index in [2.05, 4.69) is 301 Å². The van der Waals surface area contributed by atoms with Gasteiger partial charge in [-0.2, -0.15) is 0 Å². The maximum atomic E-state index is 2.35. The second kappa shape index (κ2) is 19.2. The summed E-state index contributed by atoms with van der Waals surface area (Å²) in [6, 6.07) is 105. The van der Waals surface area contributed by atoms with Gasteiger partial charge >= 0.3 is 0 Å². The predicted octanol–water partition coefficient (Wildman–Crippen LogP) is 18.6. The molecule has 0 N–H and O–H groups in total. The van der Waals surface area contributed by atoms with E-state index in [0.29, 0.717) is 0 Å². The Morgan fingerprint density at radius 2 is 0.412 bits per heavy atom. The van der Waals surface area contributed by atoms with Crippen molar-refractivity contribution in [2.45, 2.75) is 0 Å². The third-order valence-electron chi connectivity index (χ3n) is 12.7. The van der Waals surface area contributed by atoms with Crippen LogP contribution >= 0.6 is 0 Å². The second-order valence-electron chi connectivity index (χ2n) is 16.9. The summed E-state index contributed by atoms with van der Waals surface area (Å²) in [5.41, 5.74) is 20.8. The van der Waals surface area contributed by atoms with E-state index in [4.69, 9.17) is 0 Å². The molecule has 0 bridgehead atoms. The van der Waals surface area contributed by atoms with Crippen LogP contribution in [0.3, 0.4) is 0 Å². The first-order valence-corrected chi connectivity index (χ1v) is 23.2. The molecule has 0 unspecified atom stereocenters. The van der Waals surface area contributed by atoms with Gasteiger partial charge in [0.25, 0.3) is 0 Å². The highest BCUT2D eigenvalue weighted by atomic mass is 15.1. The highest BCUT2D eigenvalue weighted by molar-refractivity contribution is 5.91. The summed E-state index contributed by atoms with van der Waals surface area (Å²) < 4.78 is 0. The molecule has 0 aliphatic rings. The van der Waals surface area contributed by atoms with Crippen molar-refractivity contribution in [2.75, 3.05) is 9.80 Å². The predicted molar refractivity (Wildman–Crippen MR) is 288 cm³/mol. The molecule has 0 aliphatic heterocycles. The Balaban J connectivity index is 0.910. The molecule has 0 saturated carbocycles. The lowest BCUT2D eigenvalue weighted by Gasteiger charge is -2.27. The van der Waals surface area contributed by atoms with Crippen molar-refractivity contribution in [2.24, 2.45) is 0 Å². The summed E-state index contributed by atoms with van der Waals surface area (Å²) in [6.45, 7) is 0. The van der Waals surface area contributed by atoms with E-state index in [1.54, 1.807) is 0 Å². The molecule has 2 nitrogen and oxygen atoms in total. The molecule has 322 valence electrons. The number of para-hydroxylation sites is 2. The smallest absolute Gasteiger partial charge is 0.0468 e. The van der Waals surface area contributed by atoms with Crippen molar-refractivity contribution in [1.29, 1.82) is 0 Å². The fourth-order valence-electron chi connectivity index (χ4n) is 9.33. The molecule has 0 amide bonds. The van der Waals surface area contributed by atoms with E-state index >= 15 is 0 Å². The summed E-state index contributed by atoms with van der Waals surface area (Å²) in [4.78, 5) is 4.70. The minimum atomic E-state index is 1.09. The molecule has 2 heteroatoms. The van der Waals surface area contributed by atoms with Gasteiger partial charge in [0.2, 0.25) is 0 Å². The van der Waals surface area contributed by atoms with Gasteiger partial charge in [-0.1, -0.05) is 212 Å². The summed E-state index contributed by atoms with van der Waals surface area (Å²) in [5.74, 6) is 0. The van der Waals surface area contributed by atoms with Crippen molar-refractivity contribution in [3.8, 4) is 66.8 Å². The van der Waals surface area contributed by atoms with Gasteiger partial charge in [0, 0.05) is 34.1 Å². The number of nitrogens with zero attached hydrogens (tertiary/aromatic N) is 2. The largest absolute Gasteiger partial charge is 0.310 e. The van der Waals surface area contributed by atoms with Gasteiger partial charge in [-0.3, -0.25) is 0 Å². The lowest BCUT2D eigenvalue weighted by Crippen LogP contribution is -2.10. The third-order valence-corrected chi connectivity index (χ3v) is 12.7. The quantitative estimate of drug-likeness (QED) is 0.121. The highest BCUT2D eigenvalue weighted by Crippen LogP contribution is 2.43. The molecule has 0 spiro atoms. The standard InChI is InChI=1S/C66H48N2/c1-7-20-51(21-8-1)63-44-42-61(47-65(63)53-24-11-3-12-25-53)67(57-30-15-5-16-31-57)59-38-34-49(35-39-59)55-28-19-29-56(46-55)50-36-40-60(41-37-50)68(58-32-17-6-18-33-58)62-43-45-64(52-22-9-2-10-23-52)66(48-62)54-26-13-4-14-27-54/h1-48H. The Bertz CT molecular complexity index is 3160. The van der Waals surface area contributed by atoms with Crippen LogP contribution in [0, 0.1) is 0 Å². The van der Waals surface area contributed by atoms with Gasteiger partial charge in [0.1, 0.15) is 0 Å². The second-order valence-corrected chi connectivity index (χ2v) is 16.9. The highest BCUT2D eigenvalue weighted by Gasteiger charge is 2.19. The first-order chi connectivity index (χ1) is 33.7. The van der Waals surface area contributed by atoms with Gasteiger partial charge in [-0.05, 0) is 146 Å². The molecule has 0 heterocycles. The Morgan fingerprint density at radius 1 is 0.147 bits per heavy atom. The molecule has 0 radical (unpaired) electrons. The monoisotopic (exact) mass is 868 g/mol. The lowest BCUT2D eigenvalue weighted by atomic mass is 9.93. The van der Waals surface area contributed by atoms with E-state index < -0.39 is 0 Å². The van der Waals surface area contributed by atoms with Gasteiger partial charge in [-0.25, -0.2) is 0 Å². The van der Waals surface area contributed by atoms with Crippen LogP contribution in [0.2, 0.25) is 0 Å². The molecule has 0 fully saturated rings. The van der Waals surface area contributed by atoms with Crippen LogP contribution in [-0.4, -0.2) is 0 Å². The van der Waals surface area contributed by atoms with Crippen LogP contribution < -0.4 is 9.80 Å². The normalized spacial score (nSPS) is 10.9. The Morgan fingerprint density at radius 3 is 0.750 bits per heavy atom. The van der Waals surface area contributed by atoms with Crippen molar-refractivity contribution in [3.05, 3.63) is 291 Å². The van der Waals surface area contributed by atoms with E-state index in [-0.39, 0.29) is 0 Å². The minimum absolute atomic E-state index is 1.09. The minimum Gasteiger partial charge on any atom is -0.310 e. The maximum absolute atomic E-state index is 2.35. The van der Waals surface area contributed by atoms with Crippen molar-refractivity contribution >= 4 is 34.1 Å². The van der Waals surface area contributed by atoms with Crippen LogP contribution in [0.25, 0.3) is 66.8 Å². The van der Waals surface area contributed by atoms with Crippen molar-refractivity contribution in [3.63, 3.8) is 0 Å². The number of benzene rings is 11. The molecule has 11 aromatic carbocycles. The zero-order chi connectivity index (χ0) is 45.5. The van der Waals surface area contributed by atoms with E-state index in [0.717, 1.165) is 45.3 Å². The number of rotatable bonds is 12. The summed E-state index contributed by atoms with van der Waals surface area (Å²) in [5, 5.41) is 0. The van der Waals surface area contributed by atoms with Gasteiger partial charge in [0.05, 0.1) is 0 Å². The first kappa shape index (κ1) is 41.7. The van der Waals surface area contributed by atoms with E-state index in [1.165, 1.54) is 55.6 Å². The molecule has 0 atom stereocenters. The zero-order valence-corrected chi connectivity index (χ0v) is 37.6. The van der Waals surface area contributed by atoms with Crippen LogP contribution in [0.1, 0.15) is 0 Å². The fraction of sp³-hybridized carbons (Fsp3) is 0. The summed E-state index contributed by atoms with van der Waals surface area (Å²) >= 11 is 0. The van der Waals surface area contributed by atoms with Crippen LogP contribution in [0.5, 0.6) is 0 Å². The van der Waals surface area contributed by atoms with E-state index in [1.807, 2.05) is 0 Å². The first-order valence-electron chi connectivity index (χ1n) is 23.2. The molecule has 0 saturated heterocycles. The Kier molecular flexibility index (Phi) is 11.8. The molecule has 11 aromatic rings. The van der Waals surface area contributed by atoms with E-state index in [9.17, 15) is 0 Å². The SMILES string of the molecule is c1ccc(-c2ccc(N(c3ccccc3)c3ccc(-c4cccc(-c5ccc(N(c6ccccc6)c6ccc(-c7ccccc7)c(-c7ccccc7)c6)cc5)c4)cc3)cc2-c2ccccc2)cc1. The molecular formula is C66H48N2. The van der Waals surface area contributed by atoms with Gasteiger partial charge in [0.15, 0.2) is 0 Å². The Labute approximate surface area is 400 Å². The number of hydrogen-bond donors (Lipinski definition) is 0. The fourth-order valence-corrected chi connectivity index (χ4v) is 9.33. The summed E-state index contributed by atoms with van der Waals surface area (Å²) in [7, 11) is 0. The van der Waals surface area contributed by atoms with Crippen LogP contribution in [0.4, 0.5) is 34.1 Å². The topological polar surface area (TPSA) is 6.48 Å². The zero-order valence-electron chi connectivity index (χ0n) is 37.6. The molecule has 0 aliphatic carbocycles. The Hall–Kier alpha value is -8.98. The van der Waals surface area contributed by atoms with Crippen molar-refractivity contribution < 1.29 is 0 Å². The molecule has 68 heavy (non-hydrogen) atoms. The van der Waals surface area contributed by atoms with Crippen molar-refractivity contribution in [1.82, 2.24) is 0 Å². The molecular weight excluding hydrogens is 821 g/mol. The number of hydrogen-bond acceptors (Lipinski definition) is 2. The molecule has 0 aromatic heterocycles. The number of anilines is 6. The maximum Gasteiger partial charge on any atom is 0.0468 e. The van der Waals surface area contributed by atoms with Gasteiger partial charge in [-0.15, -0.1) is 0 Å².